The molecule has 2 aromatic carbocycles. The van der Waals surface area contributed by atoms with E-state index < -0.39 is 17.6 Å². The summed E-state index contributed by atoms with van der Waals surface area (Å²) < 4.78 is 39.4. The van der Waals surface area contributed by atoms with Gasteiger partial charge in [-0.05, 0) is 23.8 Å². The summed E-state index contributed by atoms with van der Waals surface area (Å²) in [5.74, 6) is -0.400. The van der Waals surface area contributed by atoms with Crippen LogP contribution in [-0.2, 0) is 22.3 Å². The van der Waals surface area contributed by atoms with Gasteiger partial charge in [-0.3, -0.25) is 9.59 Å². The van der Waals surface area contributed by atoms with E-state index in [0.717, 1.165) is 11.0 Å². The Hall–Kier alpha value is -2.48. The summed E-state index contributed by atoms with van der Waals surface area (Å²) in [6.45, 7) is -0.395. The molecule has 8 heteroatoms. The van der Waals surface area contributed by atoms with E-state index in [4.69, 9.17) is 0 Å². The van der Waals surface area contributed by atoms with E-state index in [1.807, 2.05) is 12.1 Å². The second kappa shape index (κ2) is 7.64. The predicted octanol–water partition coefficient (Wildman–Crippen LogP) is 3.80. The molecule has 4 nitrogen and oxygen atoms in total. The van der Waals surface area contributed by atoms with Gasteiger partial charge >= 0.3 is 6.18 Å². The Morgan fingerprint density at radius 3 is 2.56 bits per heavy atom. The molecule has 0 spiro atoms. The zero-order valence-electron chi connectivity index (χ0n) is 14.5. The van der Waals surface area contributed by atoms with Crippen LogP contribution < -0.4 is 4.90 Å². The zero-order valence-corrected chi connectivity index (χ0v) is 15.3. The van der Waals surface area contributed by atoms with E-state index in [9.17, 15) is 22.8 Å². The summed E-state index contributed by atoms with van der Waals surface area (Å²) in [6, 6.07) is 12.4. The van der Waals surface area contributed by atoms with Gasteiger partial charge < -0.3 is 9.80 Å². The summed E-state index contributed by atoms with van der Waals surface area (Å²) in [5, 5.41) is 0. The Kier molecular flexibility index (Phi) is 5.46. The second-order valence-electron chi connectivity index (χ2n) is 6.14. The van der Waals surface area contributed by atoms with Crippen LogP contribution in [0.3, 0.4) is 0 Å². The van der Waals surface area contributed by atoms with Gasteiger partial charge in [0.25, 0.3) is 0 Å². The van der Waals surface area contributed by atoms with Gasteiger partial charge in [0.15, 0.2) is 0 Å². The molecule has 27 heavy (non-hydrogen) atoms. The zero-order chi connectivity index (χ0) is 19.6. The minimum Gasteiger partial charge on any atom is -0.340 e. The molecule has 0 saturated carbocycles. The van der Waals surface area contributed by atoms with Crippen LogP contribution in [0.1, 0.15) is 11.1 Å². The molecule has 0 aliphatic carbocycles. The van der Waals surface area contributed by atoms with Crippen molar-refractivity contribution in [2.45, 2.75) is 17.6 Å². The lowest BCUT2D eigenvalue weighted by Crippen LogP contribution is -2.43. The molecular weight excluding hydrogens is 377 g/mol. The van der Waals surface area contributed by atoms with Crippen molar-refractivity contribution in [1.29, 1.82) is 0 Å². The number of para-hydroxylation sites is 1. The van der Waals surface area contributed by atoms with Crippen molar-refractivity contribution in [1.82, 2.24) is 4.90 Å². The SMILES string of the molecule is CN(Cc1ccccc1C(F)(F)F)C(=O)CN1C(=O)CSc2ccccc21. The summed E-state index contributed by atoms with van der Waals surface area (Å²) >= 11 is 1.40. The number of hydrogen-bond donors (Lipinski definition) is 0. The van der Waals surface area contributed by atoms with E-state index in [2.05, 4.69) is 0 Å². The molecule has 0 bridgehead atoms. The van der Waals surface area contributed by atoms with E-state index in [1.54, 1.807) is 12.1 Å². The third-order valence-corrected chi connectivity index (χ3v) is 5.31. The van der Waals surface area contributed by atoms with Gasteiger partial charge in [0.2, 0.25) is 11.8 Å². The Labute approximate surface area is 158 Å². The standard InChI is InChI=1S/C19H17F3N2O2S/c1-23(10-13-6-2-3-7-14(13)19(20,21)22)17(25)11-24-15-8-4-5-9-16(15)27-12-18(24)26/h2-9H,10-12H2,1H3. The average Bonchev–Trinajstić information content (AvgIpc) is 2.63. The van der Waals surface area contributed by atoms with Gasteiger partial charge in [0.1, 0.15) is 6.54 Å². The molecule has 1 heterocycles. The maximum Gasteiger partial charge on any atom is 0.416 e. The summed E-state index contributed by atoms with van der Waals surface area (Å²) in [6.07, 6.45) is -4.49. The van der Waals surface area contributed by atoms with Crippen molar-refractivity contribution >= 4 is 29.3 Å². The van der Waals surface area contributed by atoms with Crippen molar-refractivity contribution in [3.8, 4) is 0 Å². The number of carbonyl (C=O) groups is 2. The molecule has 1 aliphatic heterocycles. The van der Waals surface area contributed by atoms with Crippen molar-refractivity contribution in [3.05, 3.63) is 59.7 Å². The molecule has 1 aliphatic rings. The smallest absolute Gasteiger partial charge is 0.340 e. The van der Waals surface area contributed by atoms with Crippen LogP contribution in [-0.4, -0.2) is 36.1 Å². The summed E-state index contributed by atoms with van der Waals surface area (Å²) in [4.78, 5) is 28.3. The number of likely N-dealkylation sites (N-methyl/N-ethyl adjacent to an activating group) is 1. The molecule has 0 saturated heterocycles. The predicted molar refractivity (Wildman–Crippen MR) is 97.4 cm³/mol. The van der Waals surface area contributed by atoms with Crippen molar-refractivity contribution in [2.75, 3.05) is 24.2 Å². The molecule has 2 amide bonds. The number of rotatable bonds is 4. The highest BCUT2D eigenvalue weighted by atomic mass is 32.2. The highest BCUT2D eigenvalue weighted by Gasteiger charge is 2.33. The van der Waals surface area contributed by atoms with E-state index in [-0.39, 0.29) is 30.3 Å². The Morgan fingerprint density at radius 2 is 1.81 bits per heavy atom. The number of anilines is 1. The van der Waals surface area contributed by atoms with E-state index in [1.165, 1.54) is 46.8 Å². The van der Waals surface area contributed by atoms with Crippen LogP contribution in [0.25, 0.3) is 0 Å². The minimum atomic E-state index is -4.49. The van der Waals surface area contributed by atoms with Crippen LogP contribution in [0.5, 0.6) is 0 Å². The summed E-state index contributed by atoms with van der Waals surface area (Å²) in [7, 11) is 1.44. The lowest BCUT2D eigenvalue weighted by atomic mass is 10.1. The first-order valence-electron chi connectivity index (χ1n) is 8.18. The molecule has 0 fully saturated rings. The number of amides is 2. The maximum atomic E-state index is 13.1. The molecule has 0 atom stereocenters. The number of benzene rings is 2. The van der Waals surface area contributed by atoms with Gasteiger partial charge in [-0.25, -0.2) is 0 Å². The molecule has 3 rings (SSSR count). The van der Waals surface area contributed by atoms with Crippen LogP contribution in [0.2, 0.25) is 0 Å². The van der Waals surface area contributed by atoms with E-state index >= 15 is 0 Å². The number of alkyl halides is 3. The Balaban J connectivity index is 1.75. The fraction of sp³-hybridized carbons (Fsp3) is 0.263. The maximum absolute atomic E-state index is 13.1. The minimum absolute atomic E-state index is 0.0155. The Morgan fingerprint density at radius 1 is 1.15 bits per heavy atom. The van der Waals surface area contributed by atoms with Crippen molar-refractivity contribution < 1.29 is 22.8 Å². The number of hydrogen-bond acceptors (Lipinski definition) is 3. The van der Waals surface area contributed by atoms with Gasteiger partial charge in [0, 0.05) is 18.5 Å². The fourth-order valence-corrected chi connectivity index (χ4v) is 3.80. The number of halogens is 3. The topological polar surface area (TPSA) is 40.6 Å². The van der Waals surface area contributed by atoms with Gasteiger partial charge in [-0.1, -0.05) is 30.3 Å². The normalized spacial score (nSPS) is 14.1. The summed E-state index contributed by atoms with van der Waals surface area (Å²) in [5.41, 5.74) is -0.0987. The molecule has 0 N–H and O–H groups in total. The molecule has 0 radical (unpaired) electrons. The van der Waals surface area contributed by atoms with Gasteiger partial charge in [-0.2, -0.15) is 13.2 Å². The Bertz CT molecular complexity index is 870. The van der Waals surface area contributed by atoms with E-state index in [0.29, 0.717) is 5.69 Å². The first-order chi connectivity index (χ1) is 12.8. The molecular formula is C19H17F3N2O2S. The monoisotopic (exact) mass is 394 g/mol. The first-order valence-corrected chi connectivity index (χ1v) is 9.17. The molecule has 0 aromatic heterocycles. The van der Waals surface area contributed by atoms with Gasteiger partial charge in [-0.15, -0.1) is 11.8 Å². The number of carbonyl (C=O) groups excluding carboxylic acids is 2. The third-order valence-electron chi connectivity index (χ3n) is 4.26. The van der Waals surface area contributed by atoms with Crippen molar-refractivity contribution in [3.63, 3.8) is 0 Å². The van der Waals surface area contributed by atoms with Crippen LogP contribution in [0.4, 0.5) is 18.9 Å². The van der Waals surface area contributed by atoms with Crippen LogP contribution in [0, 0.1) is 0 Å². The number of fused-ring (bicyclic) bond motifs is 1. The lowest BCUT2D eigenvalue weighted by Gasteiger charge is -2.30. The van der Waals surface area contributed by atoms with Crippen LogP contribution in [0.15, 0.2) is 53.4 Å². The second-order valence-corrected chi connectivity index (χ2v) is 7.16. The molecule has 2 aromatic rings. The van der Waals surface area contributed by atoms with Crippen molar-refractivity contribution in [2.24, 2.45) is 0 Å². The number of nitrogens with zero attached hydrogens (tertiary/aromatic N) is 2. The quantitative estimate of drug-likeness (QED) is 0.792. The van der Waals surface area contributed by atoms with Gasteiger partial charge in [0.05, 0.1) is 17.0 Å². The average molecular weight is 394 g/mol. The lowest BCUT2D eigenvalue weighted by molar-refractivity contribution is -0.139. The third kappa shape index (κ3) is 4.27. The first kappa shape index (κ1) is 19.3. The van der Waals surface area contributed by atoms with Crippen LogP contribution >= 0.6 is 11.8 Å². The number of thioether (sulfide) groups is 1. The highest BCUT2D eigenvalue weighted by molar-refractivity contribution is 8.00. The highest BCUT2D eigenvalue weighted by Crippen LogP contribution is 2.35. The fourth-order valence-electron chi connectivity index (χ4n) is 2.86. The molecule has 142 valence electrons. The molecule has 0 unspecified atom stereocenters. The largest absolute Gasteiger partial charge is 0.416 e.